The lowest BCUT2D eigenvalue weighted by molar-refractivity contribution is -0.128. The van der Waals surface area contributed by atoms with Gasteiger partial charge in [0.2, 0.25) is 0 Å². The van der Waals surface area contributed by atoms with Gasteiger partial charge in [-0.3, -0.25) is 10.0 Å². The molecular weight excluding hydrogens is 378 g/mol. The molecular formula is C18H16ClNO5S. The van der Waals surface area contributed by atoms with Gasteiger partial charge in [0, 0.05) is 5.02 Å². The molecule has 0 aromatic heterocycles. The molecule has 26 heavy (non-hydrogen) atoms. The van der Waals surface area contributed by atoms with Crippen LogP contribution in [0.15, 0.2) is 53.4 Å². The maximum absolute atomic E-state index is 12.9. The van der Waals surface area contributed by atoms with Gasteiger partial charge < -0.3 is 4.74 Å². The predicted octanol–water partition coefficient (Wildman–Crippen LogP) is 2.76. The largest absolute Gasteiger partial charge is 0.481 e. The molecule has 8 heteroatoms. The molecule has 0 spiro atoms. The van der Waals surface area contributed by atoms with Crippen molar-refractivity contribution >= 4 is 27.3 Å². The molecule has 0 heterocycles. The second-order valence-electron chi connectivity index (χ2n) is 5.14. The lowest BCUT2D eigenvalue weighted by Crippen LogP contribution is -2.31. The fraction of sp³-hybridized carbons (Fsp3) is 0.167. The highest BCUT2D eigenvalue weighted by molar-refractivity contribution is 7.92. The number of nitrogens with one attached hydrogen (secondary N) is 1. The minimum atomic E-state index is -4.12. The van der Waals surface area contributed by atoms with Crippen LogP contribution in [0, 0.1) is 11.8 Å². The van der Waals surface area contributed by atoms with E-state index in [1.54, 1.807) is 6.92 Å². The highest BCUT2D eigenvalue weighted by Gasteiger charge is 2.35. The average Bonchev–Trinajstić information content (AvgIpc) is 2.64. The fourth-order valence-corrected chi connectivity index (χ4v) is 3.98. The van der Waals surface area contributed by atoms with Crippen LogP contribution in [0.4, 0.5) is 0 Å². The molecule has 1 atom stereocenters. The van der Waals surface area contributed by atoms with Gasteiger partial charge in [0.1, 0.15) is 12.4 Å². The van der Waals surface area contributed by atoms with Crippen molar-refractivity contribution in [3.8, 4) is 17.6 Å². The Hall–Kier alpha value is -2.53. The monoisotopic (exact) mass is 393 g/mol. The van der Waals surface area contributed by atoms with Crippen molar-refractivity contribution < 1.29 is 23.2 Å². The van der Waals surface area contributed by atoms with Crippen molar-refractivity contribution in [2.75, 3.05) is 6.61 Å². The van der Waals surface area contributed by atoms with Crippen molar-refractivity contribution in [3.63, 3.8) is 0 Å². The maximum atomic E-state index is 12.9. The standard InChI is InChI=1S/C18H16ClNO5S/c1-2-3-12-25-15-8-10-16(11-9-15)26(23,24)17(18(21)20-22)13-4-6-14(19)7-5-13/h4-11,17,22H,12H2,1H3,(H,20,21). The van der Waals surface area contributed by atoms with Gasteiger partial charge in [-0.25, -0.2) is 13.9 Å². The minimum Gasteiger partial charge on any atom is -0.481 e. The van der Waals surface area contributed by atoms with Crippen LogP contribution in [-0.2, 0) is 14.6 Å². The fourth-order valence-electron chi connectivity index (χ4n) is 2.22. The van der Waals surface area contributed by atoms with Crippen LogP contribution in [0.3, 0.4) is 0 Å². The van der Waals surface area contributed by atoms with E-state index in [9.17, 15) is 13.2 Å². The first kappa shape index (κ1) is 19.8. The molecule has 1 amide bonds. The molecule has 0 bridgehead atoms. The summed E-state index contributed by atoms with van der Waals surface area (Å²) in [5.41, 5.74) is 1.59. The molecule has 136 valence electrons. The number of carbonyl (C=O) groups excluding carboxylic acids is 1. The molecule has 2 rings (SSSR count). The van der Waals surface area contributed by atoms with Gasteiger partial charge in [0.05, 0.1) is 4.90 Å². The Morgan fingerprint density at radius 3 is 2.35 bits per heavy atom. The highest BCUT2D eigenvalue weighted by atomic mass is 35.5. The predicted molar refractivity (Wildman–Crippen MR) is 96.7 cm³/mol. The molecule has 0 aliphatic heterocycles. The summed E-state index contributed by atoms with van der Waals surface area (Å²) in [7, 11) is -4.12. The second-order valence-corrected chi connectivity index (χ2v) is 7.61. The second kappa shape index (κ2) is 8.72. The van der Waals surface area contributed by atoms with Gasteiger partial charge in [0.15, 0.2) is 15.1 Å². The first-order chi connectivity index (χ1) is 12.4. The number of hydrogen-bond donors (Lipinski definition) is 2. The Labute approximate surface area is 156 Å². The molecule has 2 N–H and O–H groups in total. The van der Waals surface area contributed by atoms with Gasteiger partial charge >= 0.3 is 0 Å². The Morgan fingerprint density at radius 2 is 1.81 bits per heavy atom. The van der Waals surface area contributed by atoms with Crippen LogP contribution in [-0.4, -0.2) is 26.1 Å². The number of sulfone groups is 1. The van der Waals surface area contributed by atoms with E-state index in [0.717, 1.165) is 0 Å². The van der Waals surface area contributed by atoms with E-state index >= 15 is 0 Å². The number of hydrogen-bond acceptors (Lipinski definition) is 5. The van der Waals surface area contributed by atoms with E-state index in [-0.39, 0.29) is 17.1 Å². The molecule has 2 aromatic rings. The third kappa shape index (κ3) is 4.55. The summed E-state index contributed by atoms with van der Waals surface area (Å²) in [6.07, 6.45) is 0. The van der Waals surface area contributed by atoms with E-state index in [2.05, 4.69) is 11.8 Å². The van der Waals surface area contributed by atoms with Crippen LogP contribution in [0.2, 0.25) is 5.02 Å². The summed E-state index contributed by atoms with van der Waals surface area (Å²) in [4.78, 5) is 12.0. The number of halogens is 1. The number of ether oxygens (including phenoxy) is 1. The van der Waals surface area contributed by atoms with Crippen molar-refractivity contribution in [1.82, 2.24) is 5.48 Å². The highest BCUT2D eigenvalue weighted by Crippen LogP contribution is 2.31. The Bertz CT molecular complexity index is 928. The molecule has 1 unspecified atom stereocenters. The zero-order valence-electron chi connectivity index (χ0n) is 13.8. The van der Waals surface area contributed by atoms with Crippen molar-refractivity contribution in [1.29, 1.82) is 0 Å². The van der Waals surface area contributed by atoms with E-state index < -0.39 is 21.0 Å². The summed E-state index contributed by atoms with van der Waals surface area (Å²) in [5.74, 6) is 4.79. The lowest BCUT2D eigenvalue weighted by atomic mass is 10.1. The zero-order valence-corrected chi connectivity index (χ0v) is 15.3. The number of rotatable bonds is 6. The number of amides is 1. The van der Waals surface area contributed by atoms with E-state index in [1.165, 1.54) is 54.0 Å². The smallest absolute Gasteiger partial charge is 0.266 e. The molecule has 0 radical (unpaired) electrons. The summed E-state index contributed by atoms with van der Waals surface area (Å²) in [6.45, 7) is 1.87. The summed E-state index contributed by atoms with van der Waals surface area (Å²) in [5, 5.41) is 7.74. The molecule has 0 aliphatic rings. The van der Waals surface area contributed by atoms with Crippen LogP contribution in [0.25, 0.3) is 0 Å². The summed E-state index contributed by atoms with van der Waals surface area (Å²) >= 11 is 5.81. The zero-order chi connectivity index (χ0) is 19.2. The summed E-state index contributed by atoms with van der Waals surface area (Å²) in [6, 6.07) is 11.4. The topological polar surface area (TPSA) is 92.7 Å². The third-order valence-electron chi connectivity index (χ3n) is 3.47. The number of hydroxylamine groups is 1. The van der Waals surface area contributed by atoms with Gasteiger partial charge in [-0.2, -0.15) is 0 Å². The molecule has 0 aliphatic carbocycles. The molecule has 0 saturated carbocycles. The first-order valence-corrected chi connectivity index (χ1v) is 9.38. The number of carbonyl (C=O) groups is 1. The number of benzene rings is 2. The molecule has 0 saturated heterocycles. The Morgan fingerprint density at radius 1 is 1.19 bits per heavy atom. The third-order valence-corrected chi connectivity index (χ3v) is 5.76. The SMILES string of the molecule is CC#CCOc1ccc(S(=O)(=O)C(C(=O)NO)c2ccc(Cl)cc2)cc1. The minimum absolute atomic E-state index is 0.0880. The van der Waals surface area contributed by atoms with Gasteiger partial charge in [-0.15, -0.1) is 5.92 Å². The van der Waals surface area contributed by atoms with Gasteiger partial charge in [0.25, 0.3) is 5.91 Å². The van der Waals surface area contributed by atoms with Gasteiger partial charge in [-0.05, 0) is 48.9 Å². The van der Waals surface area contributed by atoms with Crippen LogP contribution >= 0.6 is 11.6 Å². The Balaban J connectivity index is 2.38. The van der Waals surface area contributed by atoms with Crippen molar-refractivity contribution in [2.24, 2.45) is 0 Å². The first-order valence-electron chi connectivity index (χ1n) is 7.46. The van der Waals surface area contributed by atoms with Crippen LogP contribution in [0.5, 0.6) is 5.75 Å². The Kier molecular flexibility index (Phi) is 6.64. The summed E-state index contributed by atoms with van der Waals surface area (Å²) < 4.78 is 31.2. The van der Waals surface area contributed by atoms with E-state index in [0.29, 0.717) is 10.8 Å². The average molecular weight is 394 g/mol. The van der Waals surface area contributed by atoms with Crippen molar-refractivity contribution in [3.05, 3.63) is 59.1 Å². The quantitative estimate of drug-likeness (QED) is 0.447. The normalized spacial score (nSPS) is 11.8. The lowest BCUT2D eigenvalue weighted by Gasteiger charge is -2.16. The van der Waals surface area contributed by atoms with Gasteiger partial charge in [-0.1, -0.05) is 29.7 Å². The maximum Gasteiger partial charge on any atom is 0.266 e. The van der Waals surface area contributed by atoms with E-state index in [1.807, 2.05) is 0 Å². The molecule has 0 fully saturated rings. The van der Waals surface area contributed by atoms with Crippen molar-refractivity contribution in [2.45, 2.75) is 17.1 Å². The molecule has 6 nitrogen and oxygen atoms in total. The van der Waals surface area contributed by atoms with Crippen LogP contribution in [0.1, 0.15) is 17.7 Å². The van der Waals surface area contributed by atoms with Crippen LogP contribution < -0.4 is 10.2 Å². The molecule has 2 aromatic carbocycles. The van der Waals surface area contributed by atoms with E-state index in [4.69, 9.17) is 21.5 Å².